The van der Waals surface area contributed by atoms with Crippen LogP contribution in [0.4, 0.5) is 5.82 Å². The average Bonchev–Trinajstić information content (AvgIpc) is 2.39. The minimum absolute atomic E-state index is 0.222. The lowest BCUT2D eigenvalue weighted by atomic mass is 10.1. The molecule has 1 saturated heterocycles. The van der Waals surface area contributed by atoms with Gasteiger partial charge in [-0.3, -0.25) is 14.7 Å². The van der Waals surface area contributed by atoms with Crippen molar-refractivity contribution >= 4 is 11.7 Å². The largest absolute Gasteiger partial charge is 0.364 e. The maximum atomic E-state index is 11.1. The second kappa shape index (κ2) is 5.30. The smallest absolute Gasteiger partial charge is 0.268 e. The average molecular weight is 249 g/mol. The number of nitrogens with two attached hydrogens (primary N) is 1. The highest BCUT2D eigenvalue weighted by atomic mass is 16.1. The topological polar surface area (TPSA) is 75.4 Å². The summed E-state index contributed by atoms with van der Waals surface area (Å²) in [5.41, 5.74) is 5.44. The van der Waals surface area contributed by atoms with Gasteiger partial charge in [-0.2, -0.15) is 0 Å². The first kappa shape index (κ1) is 12.8. The fourth-order valence-electron chi connectivity index (χ4n) is 2.22. The van der Waals surface area contributed by atoms with Gasteiger partial charge < -0.3 is 10.6 Å². The van der Waals surface area contributed by atoms with Gasteiger partial charge in [-0.05, 0) is 13.5 Å². The van der Waals surface area contributed by atoms with E-state index in [9.17, 15) is 4.79 Å². The van der Waals surface area contributed by atoms with Crippen molar-refractivity contribution in [2.45, 2.75) is 19.4 Å². The van der Waals surface area contributed by atoms with Crippen molar-refractivity contribution in [1.29, 1.82) is 0 Å². The molecule has 98 valence electrons. The zero-order valence-electron chi connectivity index (χ0n) is 10.8. The van der Waals surface area contributed by atoms with Gasteiger partial charge in [0, 0.05) is 25.7 Å². The Labute approximate surface area is 107 Å². The standard InChI is InChI=1S/C12H19N5O/c1-3-9-8-17(5-4-16(9)2)11-7-14-6-10(15-11)12(13)18/h6-7,9H,3-5,8H2,1-2H3,(H2,13,18)/t9-/m1/s1. The predicted molar refractivity (Wildman–Crippen MR) is 69.5 cm³/mol. The van der Waals surface area contributed by atoms with Crippen LogP contribution in [0.1, 0.15) is 23.8 Å². The maximum absolute atomic E-state index is 11.1. The van der Waals surface area contributed by atoms with Crippen molar-refractivity contribution in [2.24, 2.45) is 5.73 Å². The zero-order chi connectivity index (χ0) is 13.1. The van der Waals surface area contributed by atoms with Crippen LogP contribution >= 0.6 is 0 Å². The number of rotatable bonds is 3. The van der Waals surface area contributed by atoms with E-state index in [1.807, 2.05) is 0 Å². The van der Waals surface area contributed by atoms with Crippen LogP contribution in [0.25, 0.3) is 0 Å². The number of anilines is 1. The van der Waals surface area contributed by atoms with Crippen LogP contribution in [-0.2, 0) is 0 Å². The second-order valence-corrected chi connectivity index (χ2v) is 4.62. The molecule has 1 aromatic heterocycles. The summed E-state index contributed by atoms with van der Waals surface area (Å²) in [5.74, 6) is 0.198. The Balaban J connectivity index is 2.16. The first-order valence-corrected chi connectivity index (χ1v) is 6.19. The zero-order valence-corrected chi connectivity index (χ0v) is 10.8. The van der Waals surface area contributed by atoms with Crippen LogP contribution in [0, 0.1) is 0 Å². The Hall–Kier alpha value is -1.69. The van der Waals surface area contributed by atoms with E-state index in [1.54, 1.807) is 6.20 Å². The molecule has 2 N–H and O–H groups in total. The molecule has 18 heavy (non-hydrogen) atoms. The molecule has 1 fully saturated rings. The number of likely N-dealkylation sites (N-methyl/N-ethyl adjacent to an activating group) is 1. The van der Waals surface area contributed by atoms with Crippen LogP contribution in [0.5, 0.6) is 0 Å². The Kier molecular flexibility index (Phi) is 3.76. The van der Waals surface area contributed by atoms with Crippen LogP contribution in [0.2, 0.25) is 0 Å². The minimum atomic E-state index is -0.537. The van der Waals surface area contributed by atoms with E-state index in [0.717, 1.165) is 31.9 Å². The lowest BCUT2D eigenvalue weighted by molar-refractivity contribution is 0.0995. The molecule has 6 nitrogen and oxygen atoms in total. The number of carbonyl (C=O) groups is 1. The highest BCUT2D eigenvalue weighted by Gasteiger charge is 2.24. The van der Waals surface area contributed by atoms with Gasteiger partial charge in [-0.1, -0.05) is 6.92 Å². The molecule has 1 amide bonds. The molecule has 6 heteroatoms. The Morgan fingerprint density at radius 1 is 1.50 bits per heavy atom. The van der Waals surface area contributed by atoms with E-state index < -0.39 is 5.91 Å². The minimum Gasteiger partial charge on any atom is -0.364 e. The number of primary amides is 1. The normalized spacial score (nSPS) is 21.0. The first-order chi connectivity index (χ1) is 8.61. The Morgan fingerprint density at radius 3 is 2.94 bits per heavy atom. The van der Waals surface area contributed by atoms with Crippen molar-refractivity contribution in [2.75, 3.05) is 31.6 Å². The summed E-state index contributed by atoms with van der Waals surface area (Å²) >= 11 is 0. The van der Waals surface area contributed by atoms with E-state index in [2.05, 4.69) is 33.7 Å². The summed E-state index contributed by atoms with van der Waals surface area (Å²) in [6.45, 7) is 4.96. The van der Waals surface area contributed by atoms with Crippen molar-refractivity contribution in [3.63, 3.8) is 0 Å². The molecule has 0 aromatic carbocycles. The SMILES string of the molecule is CC[C@@H]1CN(c2cncc(C(N)=O)n2)CCN1C. The van der Waals surface area contributed by atoms with Gasteiger partial charge in [0.05, 0.1) is 12.4 Å². The quantitative estimate of drug-likeness (QED) is 0.822. The van der Waals surface area contributed by atoms with Gasteiger partial charge in [-0.25, -0.2) is 4.98 Å². The van der Waals surface area contributed by atoms with Gasteiger partial charge >= 0.3 is 0 Å². The van der Waals surface area contributed by atoms with Crippen molar-refractivity contribution in [3.8, 4) is 0 Å². The molecular formula is C12H19N5O. The molecule has 0 radical (unpaired) electrons. The number of hydrogen-bond acceptors (Lipinski definition) is 5. The summed E-state index contributed by atoms with van der Waals surface area (Å²) in [4.78, 5) is 23.9. The molecule has 0 spiro atoms. The van der Waals surface area contributed by atoms with Crippen molar-refractivity contribution in [1.82, 2.24) is 14.9 Å². The number of piperazine rings is 1. The summed E-state index contributed by atoms with van der Waals surface area (Å²) in [7, 11) is 2.14. The second-order valence-electron chi connectivity index (χ2n) is 4.62. The summed E-state index contributed by atoms with van der Waals surface area (Å²) in [6, 6.07) is 0.512. The van der Waals surface area contributed by atoms with Crippen LogP contribution in [-0.4, -0.2) is 53.5 Å². The molecule has 1 aromatic rings. The highest BCUT2D eigenvalue weighted by Crippen LogP contribution is 2.17. The fourth-order valence-corrected chi connectivity index (χ4v) is 2.22. The Morgan fingerprint density at radius 2 is 2.28 bits per heavy atom. The van der Waals surface area contributed by atoms with Crippen molar-refractivity contribution in [3.05, 3.63) is 18.1 Å². The van der Waals surface area contributed by atoms with Crippen LogP contribution < -0.4 is 10.6 Å². The van der Waals surface area contributed by atoms with Gasteiger partial charge in [0.1, 0.15) is 11.5 Å². The van der Waals surface area contributed by atoms with E-state index >= 15 is 0 Å². The number of nitrogens with zero attached hydrogens (tertiary/aromatic N) is 4. The molecule has 0 bridgehead atoms. The maximum Gasteiger partial charge on any atom is 0.268 e. The molecule has 0 aliphatic carbocycles. The lowest BCUT2D eigenvalue weighted by Gasteiger charge is -2.39. The number of carbonyl (C=O) groups excluding carboxylic acids is 1. The molecule has 1 aliphatic rings. The number of amides is 1. The fraction of sp³-hybridized carbons (Fsp3) is 0.583. The Bertz CT molecular complexity index is 436. The van der Waals surface area contributed by atoms with Gasteiger partial charge in [-0.15, -0.1) is 0 Å². The molecular weight excluding hydrogens is 230 g/mol. The number of aromatic nitrogens is 2. The summed E-state index contributed by atoms with van der Waals surface area (Å²) in [6.07, 6.45) is 4.18. The molecule has 2 heterocycles. The van der Waals surface area contributed by atoms with E-state index in [0.29, 0.717) is 6.04 Å². The van der Waals surface area contributed by atoms with Gasteiger partial charge in [0.25, 0.3) is 5.91 Å². The molecule has 1 atom stereocenters. The molecule has 0 saturated carbocycles. The molecule has 2 rings (SSSR count). The summed E-state index contributed by atoms with van der Waals surface area (Å²) < 4.78 is 0. The number of hydrogen-bond donors (Lipinski definition) is 1. The predicted octanol–water partition coefficient (Wildman–Crippen LogP) is 0.106. The van der Waals surface area contributed by atoms with E-state index in [-0.39, 0.29) is 5.69 Å². The van der Waals surface area contributed by atoms with Crippen molar-refractivity contribution < 1.29 is 4.79 Å². The van der Waals surface area contributed by atoms with E-state index in [4.69, 9.17) is 5.73 Å². The van der Waals surface area contributed by atoms with Crippen LogP contribution in [0.3, 0.4) is 0 Å². The third kappa shape index (κ3) is 2.59. The van der Waals surface area contributed by atoms with Gasteiger partial charge in [0.2, 0.25) is 0 Å². The third-order valence-electron chi connectivity index (χ3n) is 3.45. The lowest BCUT2D eigenvalue weighted by Crippen LogP contribution is -2.51. The molecule has 1 aliphatic heterocycles. The molecule has 0 unspecified atom stereocenters. The van der Waals surface area contributed by atoms with E-state index in [1.165, 1.54) is 6.20 Å². The highest BCUT2D eigenvalue weighted by molar-refractivity contribution is 5.90. The monoisotopic (exact) mass is 249 g/mol. The van der Waals surface area contributed by atoms with Crippen LogP contribution in [0.15, 0.2) is 12.4 Å². The summed E-state index contributed by atoms with van der Waals surface area (Å²) in [5, 5.41) is 0. The first-order valence-electron chi connectivity index (χ1n) is 6.19. The van der Waals surface area contributed by atoms with Gasteiger partial charge in [0.15, 0.2) is 0 Å². The third-order valence-corrected chi connectivity index (χ3v) is 3.45.